The molecule has 0 aliphatic carbocycles. The zero-order chi connectivity index (χ0) is 23.8. The maximum Gasteiger partial charge on any atom is 0.241 e. The second kappa shape index (κ2) is 11.3. The van der Waals surface area contributed by atoms with E-state index in [1.165, 1.54) is 0 Å². The number of anilines is 1. The summed E-state index contributed by atoms with van der Waals surface area (Å²) in [5.74, 6) is 1.50. The van der Waals surface area contributed by atoms with Gasteiger partial charge < -0.3 is 15.4 Å². The Hall–Kier alpha value is -2.90. The maximum absolute atomic E-state index is 12.9. The summed E-state index contributed by atoms with van der Waals surface area (Å²) in [6.45, 7) is 11.5. The van der Waals surface area contributed by atoms with E-state index < -0.39 is 0 Å². The molecule has 2 aromatic rings. The molecule has 1 heterocycles. The standard InChI is InChI=1S/C26H36N4O3/c1-20(30-16-8-15-29(17-18-30)19-24(31)28-26(2,3)4)25(32)27-21-11-13-23(14-12-21)33-22-9-6-5-7-10-22/h5-7,9-14,20H,8,15-19H2,1-4H3,(H,27,32)(H,28,31)/t20-/m0/s1. The van der Waals surface area contributed by atoms with Crippen molar-refractivity contribution in [3.8, 4) is 11.5 Å². The molecule has 0 unspecified atom stereocenters. The molecule has 33 heavy (non-hydrogen) atoms. The molecule has 0 spiro atoms. The average molecular weight is 453 g/mol. The van der Waals surface area contributed by atoms with Crippen LogP contribution in [0.4, 0.5) is 5.69 Å². The normalized spacial score (nSPS) is 16.5. The van der Waals surface area contributed by atoms with Crippen LogP contribution < -0.4 is 15.4 Å². The third-order valence-corrected chi connectivity index (χ3v) is 5.53. The molecule has 3 rings (SSSR count). The lowest BCUT2D eigenvalue weighted by Gasteiger charge is -2.27. The SMILES string of the molecule is C[C@@H](C(=O)Nc1ccc(Oc2ccccc2)cc1)N1CCCN(CC(=O)NC(C)(C)C)CC1. The number of rotatable bonds is 7. The average Bonchev–Trinajstić information content (AvgIpc) is 2.99. The Morgan fingerprint density at radius 1 is 0.939 bits per heavy atom. The summed E-state index contributed by atoms with van der Waals surface area (Å²) in [6, 6.07) is 16.7. The molecular weight excluding hydrogens is 416 g/mol. The van der Waals surface area contributed by atoms with Crippen LogP contribution in [0.3, 0.4) is 0 Å². The van der Waals surface area contributed by atoms with Crippen LogP contribution in [0.5, 0.6) is 11.5 Å². The monoisotopic (exact) mass is 452 g/mol. The minimum Gasteiger partial charge on any atom is -0.457 e. The Bertz CT molecular complexity index is 909. The predicted molar refractivity (Wildman–Crippen MR) is 132 cm³/mol. The molecule has 7 heteroatoms. The van der Waals surface area contributed by atoms with Crippen LogP contribution in [-0.2, 0) is 9.59 Å². The van der Waals surface area contributed by atoms with Crippen molar-refractivity contribution in [1.29, 1.82) is 0 Å². The number of hydrogen-bond donors (Lipinski definition) is 2. The van der Waals surface area contributed by atoms with Gasteiger partial charge in [0.2, 0.25) is 11.8 Å². The summed E-state index contributed by atoms with van der Waals surface area (Å²) < 4.78 is 5.80. The highest BCUT2D eigenvalue weighted by atomic mass is 16.5. The van der Waals surface area contributed by atoms with E-state index in [1.54, 1.807) is 0 Å². The first-order valence-electron chi connectivity index (χ1n) is 11.6. The first kappa shape index (κ1) is 24.7. The summed E-state index contributed by atoms with van der Waals surface area (Å²) >= 11 is 0. The van der Waals surface area contributed by atoms with Gasteiger partial charge in [-0.25, -0.2) is 0 Å². The van der Waals surface area contributed by atoms with Crippen molar-refractivity contribution in [2.75, 3.05) is 38.0 Å². The van der Waals surface area contributed by atoms with Gasteiger partial charge in [-0.2, -0.15) is 0 Å². The number of hydrogen-bond acceptors (Lipinski definition) is 5. The lowest BCUT2D eigenvalue weighted by molar-refractivity contribution is -0.124. The lowest BCUT2D eigenvalue weighted by Crippen LogP contribution is -2.47. The van der Waals surface area contributed by atoms with Crippen LogP contribution >= 0.6 is 0 Å². The highest BCUT2D eigenvalue weighted by Gasteiger charge is 2.25. The summed E-state index contributed by atoms with van der Waals surface area (Å²) in [5, 5.41) is 6.02. The van der Waals surface area contributed by atoms with E-state index >= 15 is 0 Å². The lowest BCUT2D eigenvalue weighted by atomic mass is 10.1. The fourth-order valence-corrected chi connectivity index (χ4v) is 3.84. The summed E-state index contributed by atoms with van der Waals surface area (Å²) in [4.78, 5) is 29.5. The largest absolute Gasteiger partial charge is 0.457 e. The molecule has 1 fully saturated rings. The topological polar surface area (TPSA) is 73.9 Å². The van der Waals surface area contributed by atoms with Crippen molar-refractivity contribution < 1.29 is 14.3 Å². The van der Waals surface area contributed by atoms with Crippen molar-refractivity contribution in [2.45, 2.75) is 45.7 Å². The van der Waals surface area contributed by atoms with Gasteiger partial charge in [-0.05, 0) is 77.1 Å². The van der Waals surface area contributed by atoms with Gasteiger partial charge in [-0.15, -0.1) is 0 Å². The van der Waals surface area contributed by atoms with E-state index in [4.69, 9.17) is 4.74 Å². The Morgan fingerprint density at radius 3 is 2.27 bits per heavy atom. The van der Waals surface area contributed by atoms with E-state index in [0.717, 1.165) is 49.8 Å². The molecular formula is C26H36N4O3. The molecule has 1 aliphatic heterocycles. The van der Waals surface area contributed by atoms with Crippen molar-refractivity contribution >= 4 is 17.5 Å². The molecule has 2 N–H and O–H groups in total. The van der Waals surface area contributed by atoms with Crippen LogP contribution in [0.1, 0.15) is 34.1 Å². The highest BCUT2D eigenvalue weighted by Crippen LogP contribution is 2.23. The Kier molecular flexibility index (Phi) is 8.47. The zero-order valence-electron chi connectivity index (χ0n) is 20.1. The minimum absolute atomic E-state index is 0.0364. The third-order valence-electron chi connectivity index (χ3n) is 5.53. The molecule has 2 aromatic carbocycles. The number of carbonyl (C=O) groups is 2. The van der Waals surface area contributed by atoms with Crippen molar-refractivity contribution in [2.24, 2.45) is 0 Å². The van der Waals surface area contributed by atoms with Gasteiger partial charge in [-0.3, -0.25) is 19.4 Å². The number of amides is 2. The van der Waals surface area contributed by atoms with Gasteiger partial charge in [-0.1, -0.05) is 18.2 Å². The van der Waals surface area contributed by atoms with Crippen LogP contribution in [0, 0.1) is 0 Å². The van der Waals surface area contributed by atoms with Crippen molar-refractivity contribution in [3.63, 3.8) is 0 Å². The molecule has 1 saturated heterocycles. The van der Waals surface area contributed by atoms with E-state index in [0.29, 0.717) is 6.54 Å². The van der Waals surface area contributed by atoms with Crippen LogP contribution in [-0.4, -0.2) is 65.9 Å². The Morgan fingerprint density at radius 2 is 1.61 bits per heavy atom. The first-order chi connectivity index (χ1) is 15.7. The maximum atomic E-state index is 12.9. The van der Waals surface area contributed by atoms with E-state index in [9.17, 15) is 9.59 Å². The molecule has 0 bridgehead atoms. The van der Waals surface area contributed by atoms with Gasteiger partial charge in [0.05, 0.1) is 12.6 Å². The fourth-order valence-electron chi connectivity index (χ4n) is 3.84. The number of benzene rings is 2. The van der Waals surface area contributed by atoms with Crippen LogP contribution in [0.15, 0.2) is 54.6 Å². The second-order valence-corrected chi connectivity index (χ2v) is 9.57. The van der Waals surface area contributed by atoms with E-state index in [-0.39, 0.29) is 23.4 Å². The quantitative estimate of drug-likeness (QED) is 0.670. The number of para-hydroxylation sites is 1. The van der Waals surface area contributed by atoms with Gasteiger partial charge in [0.15, 0.2) is 0 Å². The highest BCUT2D eigenvalue weighted by molar-refractivity contribution is 5.94. The summed E-state index contributed by atoms with van der Waals surface area (Å²) in [5.41, 5.74) is 0.510. The number of nitrogens with zero attached hydrogens (tertiary/aromatic N) is 2. The molecule has 1 atom stereocenters. The van der Waals surface area contributed by atoms with E-state index in [1.807, 2.05) is 82.3 Å². The summed E-state index contributed by atoms with van der Waals surface area (Å²) in [7, 11) is 0. The molecule has 7 nitrogen and oxygen atoms in total. The number of carbonyl (C=O) groups excluding carboxylic acids is 2. The summed E-state index contributed by atoms with van der Waals surface area (Å²) in [6.07, 6.45) is 0.923. The number of ether oxygens (including phenoxy) is 1. The molecule has 1 aliphatic rings. The molecule has 2 amide bonds. The molecule has 0 saturated carbocycles. The van der Waals surface area contributed by atoms with Gasteiger partial charge in [0, 0.05) is 30.9 Å². The Balaban J connectivity index is 1.48. The Labute approximate surface area is 197 Å². The van der Waals surface area contributed by atoms with Crippen molar-refractivity contribution in [1.82, 2.24) is 15.1 Å². The second-order valence-electron chi connectivity index (χ2n) is 9.57. The molecule has 0 aromatic heterocycles. The van der Waals surface area contributed by atoms with Crippen LogP contribution in [0.2, 0.25) is 0 Å². The van der Waals surface area contributed by atoms with E-state index in [2.05, 4.69) is 20.4 Å². The number of nitrogens with one attached hydrogen (secondary N) is 2. The van der Waals surface area contributed by atoms with Gasteiger partial charge in [0.1, 0.15) is 11.5 Å². The minimum atomic E-state index is -0.256. The van der Waals surface area contributed by atoms with Gasteiger partial charge in [0.25, 0.3) is 0 Å². The molecule has 178 valence electrons. The predicted octanol–water partition coefficient (Wildman–Crippen LogP) is 3.73. The first-order valence-corrected chi connectivity index (χ1v) is 11.6. The van der Waals surface area contributed by atoms with Crippen LogP contribution in [0.25, 0.3) is 0 Å². The smallest absolute Gasteiger partial charge is 0.241 e. The fraction of sp³-hybridized carbons (Fsp3) is 0.462. The zero-order valence-corrected chi connectivity index (χ0v) is 20.1. The van der Waals surface area contributed by atoms with Crippen molar-refractivity contribution in [3.05, 3.63) is 54.6 Å². The third kappa shape index (κ3) is 8.18. The van der Waals surface area contributed by atoms with Gasteiger partial charge >= 0.3 is 0 Å². The molecule has 0 radical (unpaired) electrons.